The van der Waals surface area contributed by atoms with Crippen LogP contribution in [-0.2, 0) is 4.84 Å². The van der Waals surface area contributed by atoms with Crippen molar-refractivity contribution >= 4 is 24.6 Å². The molecule has 2 aliphatic rings. The third-order valence-electron chi connectivity index (χ3n) is 4.52. The monoisotopic (exact) mass is 341 g/mol. The number of fused-ring (bicyclic) bond motifs is 1. The first-order chi connectivity index (χ1) is 12.0. The lowest BCUT2D eigenvalue weighted by Crippen LogP contribution is -2.45. The highest BCUT2D eigenvalue weighted by molar-refractivity contribution is 6.45. The van der Waals surface area contributed by atoms with E-state index in [1.807, 2.05) is 10.9 Å². The van der Waals surface area contributed by atoms with E-state index in [-0.39, 0.29) is 18.4 Å². The Bertz CT molecular complexity index is 725. The largest absolute Gasteiger partial charge is 0.437 e. The molecule has 25 heavy (non-hydrogen) atoms. The summed E-state index contributed by atoms with van der Waals surface area (Å²) in [5, 5.41) is 13.8. The van der Waals surface area contributed by atoms with Crippen molar-refractivity contribution in [2.24, 2.45) is 5.16 Å². The van der Waals surface area contributed by atoms with Crippen LogP contribution in [0.3, 0.4) is 0 Å². The molecule has 2 aliphatic heterocycles. The number of oxime groups is 1. The molecule has 130 valence electrons. The van der Waals surface area contributed by atoms with Gasteiger partial charge in [-0.1, -0.05) is 23.4 Å². The number of amides is 2. The Morgan fingerprint density at radius 3 is 2.48 bits per heavy atom. The van der Waals surface area contributed by atoms with Gasteiger partial charge in [-0.3, -0.25) is 14.5 Å². The Kier molecular flexibility index (Phi) is 5.01. The van der Waals surface area contributed by atoms with Crippen LogP contribution in [0.2, 0.25) is 6.82 Å². The smallest absolute Gasteiger partial charge is 0.376 e. The van der Waals surface area contributed by atoms with E-state index < -0.39 is 7.05 Å². The molecule has 3 rings (SSSR count). The average Bonchev–Trinajstić information content (AvgIpc) is 2.85. The molecule has 0 radical (unpaired) electrons. The van der Waals surface area contributed by atoms with Crippen LogP contribution in [0, 0.1) is 0 Å². The highest BCUT2D eigenvalue weighted by Gasteiger charge is 2.34. The molecule has 1 fully saturated rings. The van der Waals surface area contributed by atoms with Crippen molar-refractivity contribution < 1.29 is 19.5 Å². The van der Waals surface area contributed by atoms with Crippen molar-refractivity contribution in [3.8, 4) is 0 Å². The molecule has 2 heterocycles. The van der Waals surface area contributed by atoms with Crippen molar-refractivity contribution in [2.75, 3.05) is 26.7 Å². The fourth-order valence-corrected chi connectivity index (χ4v) is 3.12. The lowest BCUT2D eigenvalue weighted by molar-refractivity contribution is 0.0672. The Hall–Kier alpha value is -2.45. The van der Waals surface area contributed by atoms with Crippen LogP contribution >= 0.6 is 0 Å². The number of piperidine rings is 1. The van der Waals surface area contributed by atoms with Crippen molar-refractivity contribution in [1.82, 2.24) is 9.71 Å². The van der Waals surface area contributed by atoms with Gasteiger partial charge >= 0.3 is 7.05 Å². The zero-order valence-corrected chi connectivity index (χ0v) is 14.3. The predicted molar refractivity (Wildman–Crippen MR) is 94.4 cm³/mol. The molecule has 7 nitrogen and oxygen atoms in total. The van der Waals surface area contributed by atoms with E-state index in [0.29, 0.717) is 36.3 Å². The molecule has 0 aliphatic carbocycles. The SMILES string of the molecule is CO/N=C1/CN(B(C)O)CC/C1=C\CN1C(=O)c2ccccc2C1=O. The van der Waals surface area contributed by atoms with Gasteiger partial charge in [0.05, 0.1) is 16.8 Å². The summed E-state index contributed by atoms with van der Waals surface area (Å²) in [5.74, 6) is -0.548. The number of carbonyl (C=O) groups excluding carboxylic acids is 2. The Morgan fingerprint density at radius 1 is 1.28 bits per heavy atom. The Labute approximate surface area is 146 Å². The summed E-state index contributed by atoms with van der Waals surface area (Å²) < 4.78 is 0. The molecule has 0 spiro atoms. The minimum Gasteiger partial charge on any atom is -0.437 e. The zero-order chi connectivity index (χ0) is 18.0. The third kappa shape index (κ3) is 3.36. The van der Waals surface area contributed by atoms with Crippen LogP contribution in [0.5, 0.6) is 0 Å². The topological polar surface area (TPSA) is 82.4 Å². The first-order valence-electron chi connectivity index (χ1n) is 8.19. The standard InChI is InChI=1S/C17H20BN3O4/c1-18(24)20-9-7-12(15(11-20)19-25-2)8-10-21-16(22)13-5-3-4-6-14(13)17(21)23/h3-6,8,24H,7,9-11H2,1-2H3/b12-8+,19-15-. The molecule has 0 unspecified atom stereocenters. The molecule has 0 aromatic heterocycles. The molecular formula is C17H20BN3O4. The number of imide groups is 1. The van der Waals surface area contributed by atoms with Crippen LogP contribution in [0.4, 0.5) is 0 Å². The van der Waals surface area contributed by atoms with Gasteiger partial charge in [-0.25, -0.2) is 0 Å². The summed E-state index contributed by atoms with van der Waals surface area (Å²) in [4.78, 5) is 32.8. The second-order valence-corrected chi connectivity index (χ2v) is 6.07. The number of hydrogen-bond acceptors (Lipinski definition) is 6. The normalized spacial score (nSPS) is 21.2. The summed E-state index contributed by atoms with van der Waals surface area (Å²) in [6.45, 7) is 3.03. The minimum atomic E-state index is -0.570. The van der Waals surface area contributed by atoms with Crippen LogP contribution in [0.1, 0.15) is 27.1 Å². The quantitative estimate of drug-likeness (QED) is 0.502. The maximum absolute atomic E-state index is 12.4. The van der Waals surface area contributed by atoms with Gasteiger partial charge < -0.3 is 14.7 Å². The lowest BCUT2D eigenvalue weighted by Gasteiger charge is -2.30. The van der Waals surface area contributed by atoms with Crippen LogP contribution in [0.15, 0.2) is 41.1 Å². The summed E-state index contributed by atoms with van der Waals surface area (Å²) in [6, 6.07) is 6.84. The average molecular weight is 341 g/mol. The molecule has 1 aromatic rings. The molecule has 2 amide bonds. The van der Waals surface area contributed by atoms with E-state index in [9.17, 15) is 14.6 Å². The highest BCUT2D eigenvalue weighted by atomic mass is 16.6. The van der Waals surface area contributed by atoms with Gasteiger partial charge in [0.1, 0.15) is 7.11 Å². The maximum Gasteiger partial charge on any atom is 0.376 e. The molecule has 1 saturated heterocycles. The van der Waals surface area contributed by atoms with E-state index >= 15 is 0 Å². The zero-order valence-electron chi connectivity index (χ0n) is 14.3. The second-order valence-electron chi connectivity index (χ2n) is 6.07. The lowest BCUT2D eigenvalue weighted by atomic mass is 9.81. The van der Waals surface area contributed by atoms with Gasteiger partial charge in [0.25, 0.3) is 11.8 Å². The van der Waals surface area contributed by atoms with Gasteiger partial charge in [0.2, 0.25) is 0 Å². The third-order valence-corrected chi connectivity index (χ3v) is 4.52. The number of rotatable bonds is 4. The molecular weight excluding hydrogens is 321 g/mol. The van der Waals surface area contributed by atoms with Crippen molar-refractivity contribution in [1.29, 1.82) is 0 Å². The fourth-order valence-electron chi connectivity index (χ4n) is 3.12. The Balaban J connectivity index is 1.77. The first-order valence-corrected chi connectivity index (χ1v) is 8.19. The molecule has 1 N–H and O–H groups in total. The minimum absolute atomic E-state index is 0.194. The summed E-state index contributed by atoms with van der Waals surface area (Å²) in [7, 11) is 0.899. The number of benzene rings is 1. The van der Waals surface area contributed by atoms with E-state index in [0.717, 1.165) is 5.57 Å². The van der Waals surface area contributed by atoms with Gasteiger partial charge in [-0.05, 0) is 37.5 Å². The van der Waals surface area contributed by atoms with Crippen molar-refractivity contribution in [3.05, 3.63) is 47.0 Å². The van der Waals surface area contributed by atoms with Crippen LogP contribution in [0.25, 0.3) is 0 Å². The molecule has 0 saturated carbocycles. The van der Waals surface area contributed by atoms with Crippen LogP contribution < -0.4 is 0 Å². The fraction of sp³-hybridized carbons (Fsp3) is 0.353. The van der Waals surface area contributed by atoms with Crippen molar-refractivity contribution in [2.45, 2.75) is 13.2 Å². The van der Waals surface area contributed by atoms with Gasteiger partial charge in [0, 0.05) is 13.1 Å². The highest BCUT2D eigenvalue weighted by Crippen LogP contribution is 2.23. The molecule has 0 atom stereocenters. The van der Waals surface area contributed by atoms with Gasteiger partial charge in [0.15, 0.2) is 0 Å². The van der Waals surface area contributed by atoms with Crippen LogP contribution in [-0.4, -0.2) is 66.1 Å². The molecule has 1 aromatic carbocycles. The maximum atomic E-state index is 12.4. The van der Waals surface area contributed by atoms with E-state index in [4.69, 9.17) is 4.84 Å². The van der Waals surface area contributed by atoms with Gasteiger partial charge in [-0.15, -0.1) is 0 Å². The number of nitrogens with zero attached hydrogens (tertiary/aromatic N) is 3. The number of hydrogen-bond donors (Lipinski definition) is 1. The summed E-state index contributed by atoms with van der Waals surface area (Å²) in [6.07, 6.45) is 2.51. The van der Waals surface area contributed by atoms with Gasteiger partial charge in [-0.2, -0.15) is 0 Å². The number of carbonyl (C=O) groups is 2. The van der Waals surface area contributed by atoms with E-state index in [1.54, 1.807) is 31.1 Å². The van der Waals surface area contributed by atoms with E-state index in [2.05, 4.69) is 5.16 Å². The van der Waals surface area contributed by atoms with E-state index in [1.165, 1.54) is 12.0 Å². The summed E-state index contributed by atoms with van der Waals surface area (Å²) >= 11 is 0. The second kappa shape index (κ2) is 7.20. The van der Waals surface area contributed by atoms with Crippen molar-refractivity contribution in [3.63, 3.8) is 0 Å². The predicted octanol–water partition coefficient (Wildman–Crippen LogP) is 1.03. The first kappa shape index (κ1) is 17.4. The summed E-state index contributed by atoms with van der Waals surface area (Å²) in [5.41, 5.74) is 2.52. The molecule has 8 heteroatoms. The Morgan fingerprint density at radius 2 is 1.92 bits per heavy atom. The molecule has 0 bridgehead atoms.